The fourth-order valence-electron chi connectivity index (χ4n) is 0. The molecular weight excluding hydrogens is 282 g/mol. The lowest BCUT2D eigenvalue weighted by molar-refractivity contribution is 1.49. The van der Waals surface area contributed by atoms with E-state index in [-0.39, 0.29) is 7.43 Å². The Hall–Kier alpha value is -3.60. The van der Waals surface area contributed by atoms with E-state index < -0.39 is 0 Å². The molecule has 0 fully saturated rings. The molecule has 116 valence electrons. The van der Waals surface area contributed by atoms with Gasteiger partial charge in [-0.2, -0.15) is 44.2 Å². The van der Waals surface area contributed by atoms with Crippen LogP contribution in [0.3, 0.4) is 0 Å². The molecule has 0 saturated heterocycles. The Bertz CT molecular complexity index is 52.2. The minimum absolute atomic E-state index is 0. The minimum atomic E-state index is 0. The van der Waals surface area contributed by atoms with Gasteiger partial charge in [0.25, 0.3) is 0 Å². The van der Waals surface area contributed by atoms with Crippen LogP contribution in [0, 0.1) is 94.5 Å². The van der Waals surface area contributed by atoms with Crippen LogP contribution in [0.25, 0.3) is 0 Å². The second kappa shape index (κ2) is 200. The molecule has 0 saturated carbocycles. The zero-order valence-corrected chi connectivity index (χ0v) is 8.17. The Kier molecular flexibility index (Phi) is 1150. The molecule has 0 aromatic heterocycles. The lowest BCUT2D eigenvalue weighted by Gasteiger charge is -0.827. The van der Waals surface area contributed by atoms with Crippen molar-refractivity contribution in [3.05, 3.63) is 44.2 Å². The van der Waals surface area contributed by atoms with Crippen LogP contribution >= 0.6 is 0 Å². The molecule has 0 aliphatic carbocycles. The van der Waals surface area contributed by atoms with Gasteiger partial charge in [0.05, 0.1) is 0 Å². The molecule has 9 N–H and O–H groups in total. The summed E-state index contributed by atoms with van der Waals surface area (Å²) < 4.78 is 0. The van der Waals surface area contributed by atoms with Crippen LogP contribution in [0.1, 0.15) is 7.43 Å². The van der Waals surface area contributed by atoms with Crippen molar-refractivity contribution in [2.45, 2.75) is 7.43 Å². The van der Waals surface area contributed by atoms with Gasteiger partial charge in [-0.25, -0.2) is 0 Å². The Labute approximate surface area is 103 Å². The molecule has 18 heteroatoms. The monoisotopic (exact) mass is 295 g/mol. The van der Waals surface area contributed by atoms with Gasteiger partial charge < -0.3 is 0 Å². The zero-order chi connectivity index (χ0) is 18.0. The van der Waals surface area contributed by atoms with E-state index in [0.29, 0.717) is 0 Å². The maximum atomic E-state index is 7.50. The van der Waals surface area contributed by atoms with Crippen LogP contribution in [0.2, 0.25) is 0 Å². The molecule has 0 aliphatic rings. The van der Waals surface area contributed by atoms with Crippen molar-refractivity contribution in [1.82, 2.24) is 0 Å². The smallest absolute Gasteiger partial charge is 0.0776 e. The average molecular weight is 295 g/mol. The third kappa shape index (κ3) is 171. The quantitative estimate of drug-likeness (QED) is 0.293. The molecule has 0 aromatic carbocycles. The van der Waals surface area contributed by atoms with E-state index >= 15 is 0 Å². The van der Waals surface area contributed by atoms with Gasteiger partial charge in [0.15, 0.2) is 0 Å². The van der Waals surface area contributed by atoms with Crippen molar-refractivity contribution in [2.75, 3.05) is 0 Å². The molecule has 0 radical (unpaired) electrons. The van der Waals surface area contributed by atoms with Crippen molar-refractivity contribution < 1.29 is 0 Å². The van der Waals surface area contributed by atoms with Crippen LogP contribution in [-0.2, 0) is 0 Å². The van der Waals surface area contributed by atoms with Crippen molar-refractivity contribution >= 4 is 0 Å². The Morgan fingerprint density at radius 2 is 0.211 bits per heavy atom. The molecule has 19 heavy (non-hydrogen) atoms. The topological polar surface area (TPSA) is 368 Å². The predicted molar refractivity (Wildman–Crippen MR) is 61.5 cm³/mol. The van der Waals surface area contributed by atoms with Crippen LogP contribution < -0.4 is 0 Å². The highest BCUT2D eigenvalue weighted by Crippen LogP contribution is 0.782. The fourth-order valence-corrected chi connectivity index (χ4v) is 0. The summed E-state index contributed by atoms with van der Waals surface area (Å²) in [5.74, 6) is 0. The SMILES string of the molecule is C.N=O.N=O.N=O.N=O.N=O.N=O.N=O.N=O.N=O. The molecule has 0 unspecified atom stereocenters. The van der Waals surface area contributed by atoms with E-state index in [2.05, 4.69) is 50.3 Å². The van der Waals surface area contributed by atoms with Crippen molar-refractivity contribution in [3.8, 4) is 0 Å². The first kappa shape index (κ1) is 110. The lowest BCUT2D eigenvalue weighted by atomic mass is 12.0. The number of hydrogen-bond donors (Lipinski definition) is 9. The standard InChI is InChI=1S/CH4.9HNO/c;9*1-2/h1H4;9*1H. The van der Waals surface area contributed by atoms with Gasteiger partial charge in [-0.1, -0.05) is 57.8 Å². The third-order valence-electron chi connectivity index (χ3n) is 0. The van der Waals surface area contributed by atoms with E-state index in [1.807, 2.05) is 0 Å². The van der Waals surface area contributed by atoms with Crippen LogP contribution in [0.15, 0.2) is 0 Å². The molecular formula is CH13N9O9. The normalized spacial score (nSPS) is 1.89. The van der Waals surface area contributed by atoms with Gasteiger partial charge in [0.2, 0.25) is 0 Å². The second-order valence-corrected chi connectivity index (χ2v) is 0. The molecule has 0 heterocycles. The number of nitrogens with one attached hydrogen (secondary N) is 9. The first-order valence-corrected chi connectivity index (χ1v) is 1.84. The highest BCUT2D eigenvalue weighted by Gasteiger charge is 0.604. The predicted octanol–water partition coefficient (Wildman–Crippen LogP) is 3.62. The summed E-state index contributed by atoms with van der Waals surface area (Å²) in [6.45, 7) is 0. The van der Waals surface area contributed by atoms with E-state index in [0.717, 1.165) is 0 Å². The highest BCUT2D eigenvalue weighted by atomic mass is 16.2. The molecule has 0 bridgehead atoms. The van der Waals surface area contributed by atoms with E-state index in [1.54, 1.807) is 0 Å². The maximum Gasteiger partial charge on any atom is -0.0776 e. The largest absolute Gasteiger partial charge is 0.154 e. The summed E-state index contributed by atoms with van der Waals surface area (Å²) >= 11 is 0. The summed E-state index contributed by atoms with van der Waals surface area (Å²) in [5, 5.41) is 0. The van der Waals surface area contributed by atoms with E-state index in [9.17, 15) is 0 Å². The number of rotatable bonds is 0. The van der Waals surface area contributed by atoms with Crippen LogP contribution in [-0.4, -0.2) is 0 Å². The first-order valence-electron chi connectivity index (χ1n) is 1.84. The first-order chi connectivity index (χ1) is 9.00. The van der Waals surface area contributed by atoms with Gasteiger partial charge in [-0.05, 0) is 0 Å². The summed E-state index contributed by atoms with van der Waals surface area (Å²) in [6.07, 6.45) is 0. The van der Waals surface area contributed by atoms with E-state index in [4.69, 9.17) is 44.2 Å². The minimum Gasteiger partial charge on any atom is -0.154 e. The highest BCUT2D eigenvalue weighted by molar-refractivity contribution is 3.65. The molecule has 0 amide bonds. The third-order valence-corrected chi connectivity index (χ3v) is 0. The molecule has 0 aromatic rings. The van der Waals surface area contributed by atoms with Crippen LogP contribution in [0.5, 0.6) is 0 Å². The Morgan fingerprint density at radius 3 is 0.211 bits per heavy atom. The lowest BCUT2D eigenvalue weighted by Crippen LogP contribution is -0.649. The molecule has 0 rings (SSSR count). The average Bonchev–Trinajstić information content (AvgIpc) is 2.63. The molecule has 0 spiro atoms. The molecule has 0 aliphatic heterocycles. The number of nitroso groups, excluding NO2 is 9. The second-order valence-electron chi connectivity index (χ2n) is 0. The molecule has 0 atom stereocenters. The van der Waals surface area contributed by atoms with Crippen molar-refractivity contribution in [2.24, 2.45) is 0 Å². The van der Waals surface area contributed by atoms with Crippen molar-refractivity contribution in [3.63, 3.8) is 0 Å². The molecule has 18 nitrogen and oxygen atoms in total. The van der Waals surface area contributed by atoms with Gasteiger partial charge in [0, 0.05) is 0 Å². The number of hydrogen-bond acceptors (Lipinski definition) is 18. The van der Waals surface area contributed by atoms with Crippen LogP contribution in [0.4, 0.5) is 0 Å². The Morgan fingerprint density at radius 1 is 0.211 bits per heavy atom. The summed E-state index contributed by atoms with van der Waals surface area (Å²) in [6, 6.07) is 0. The summed E-state index contributed by atoms with van der Waals surface area (Å²) in [5.41, 5.74) is 40.5. The fraction of sp³-hybridized carbons (Fsp3) is 1.00. The zero-order valence-electron chi connectivity index (χ0n) is 8.17. The van der Waals surface area contributed by atoms with Crippen molar-refractivity contribution in [1.29, 1.82) is 50.3 Å². The maximum absolute atomic E-state index is 7.50. The van der Waals surface area contributed by atoms with Gasteiger partial charge in [-0.3, -0.25) is 0 Å². The van der Waals surface area contributed by atoms with Gasteiger partial charge in [0.1, 0.15) is 0 Å². The Balaban J connectivity index is -0.00000000596. The van der Waals surface area contributed by atoms with E-state index in [1.165, 1.54) is 0 Å². The van der Waals surface area contributed by atoms with Gasteiger partial charge in [-0.15, -0.1) is 0 Å². The summed E-state index contributed by atoms with van der Waals surface area (Å²) in [4.78, 5) is 67.5. The summed E-state index contributed by atoms with van der Waals surface area (Å²) in [7, 11) is 0. The van der Waals surface area contributed by atoms with Gasteiger partial charge >= 0.3 is 0 Å².